The molecule has 0 saturated carbocycles. The van der Waals surface area contributed by atoms with Gasteiger partial charge in [0.05, 0.1) is 10.9 Å². The molecule has 0 unspecified atom stereocenters. The van der Waals surface area contributed by atoms with E-state index in [-0.39, 0.29) is 17.4 Å². The van der Waals surface area contributed by atoms with Gasteiger partial charge in [0.25, 0.3) is 0 Å². The minimum absolute atomic E-state index is 0.247. The first kappa shape index (κ1) is 8.99. The number of aliphatic carboxylic acids is 1. The molecule has 0 radical (unpaired) electrons. The quantitative estimate of drug-likeness (QED) is 0.790. The highest BCUT2D eigenvalue weighted by Crippen LogP contribution is 2.01. The Balaban J connectivity index is 3.09. The maximum atomic E-state index is 11.2. The highest BCUT2D eigenvalue weighted by molar-refractivity contribution is 9.10. The largest absolute Gasteiger partial charge is 0.481 e. The van der Waals surface area contributed by atoms with E-state index in [2.05, 4.69) is 20.9 Å². The zero-order valence-electron chi connectivity index (χ0n) is 6.00. The van der Waals surface area contributed by atoms with Gasteiger partial charge in [-0.2, -0.15) is 0 Å². The molecule has 0 saturated heterocycles. The van der Waals surface area contributed by atoms with Crippen molar-refractivity contribution in [3.63, 3.8) is 0 Å². The number of aromatic nitrogens is 1. The molecule has 1 rings (SSSR count). The van der Waals surface area contributed by atoms with Gasteiger partial charge < -0.3 is 10.1 Å². The molecule has 2 N–H and O–H groups in total. The van der Waals surface area contributed by atoms with Crippen molar-refractivity contribution in [3.05, 3.63) is 32.7 Å². The average molecular weight is 232 g/mol. The smallest absolute Gasteiger partial charge is 0.308 e. The molecule has 0 aromatic carbocycles. The number of pyridine rings is 1. The number of hydrogen-bond donors (Lipinski definition) is 2. The lowest BCUT2D eigenvalue weighted by atomic mass is 10.2. The molecule has 64 valence electrons. The first-order chi connectivity index (χ1) is 5.61. The van der Waals surface area contributed by atoms with Crippen molar-refractivity contribution in [3.8, 4) is 0 Å². The summed E-state index contributed by atoms with van der Waals surface area (Å²) in [7, 11) is 0. The maximum Gasteiger partial charge on any atom is 0.308 e. The molecule has 4 nitrogen and oxygen atoms in total. The Morgan fingerprint density at radius 2 is 2.25 bits per heavy atom. The zero-order valence-corrected chi connectivity index (χ0v) is 7.59. The Bertz CT molecular complexity index is 358. The Labute approximate surface area is 76.4 Å². The Kier molecular flexibility index (Phi) is 2.65. The predicted molar refractivity (Wildman–Crippen MR) is 46.1 cm³/mol. The van der Waals surface area contributed by atoms with E-state index < -0.39 is 5.97 Å². The molecule has 1 aromatic rings. The van der Waals surface area contributed by atoms with Crippen LogP contribution in [-0.2, 0) is 11.2 Å². The third-order valence-electron chi connectivity index (χ3n) is 1.32. The first-order valence-electron chi connectivity index (χ1n) is 3.18. The molecule has 1 heterocycles. The van der Waals surface area contributed by atoms with Crippen LogP contribution in [0.3, 0.4) is 0 Å². The number of H-pyrrole nitrogens is 1. The van der Waals surface area contributed by atoms with Crippen LogP contribution in [0, 0.1) is 0 Å². The van der Waals surface area contributed by atoms with Crippen LogP contribution in [0.25, 0.3) is 0 Å². The second-order valence-corrected chi connectivity index (χ2v) is 3.08. The second-order valence-electron chi connectivity index (χ2n) is 2.23. The van der Waals surface area contributed by atoms with Crippen molar-refractivity contribution in [1.82, 2.24) is 4.98 Å². The maximum absolute atomic E-state index is 11.2. The summed E-state index contributed by atoms with van der Waals surface area (Å²) < 4.78 is 0.348. The van der Waals surface area contributed by atoms with Crippen molar-refractivity contribution in [2.75, 3.05) is 0 Å². The van der Waals surface area contributed by atoms with Crippen LogP contribution in [0.4, 0.5) is 0 Å². The second kappa shape index (κ2) is 3.53. The molecule has 1 aromatic heterocycles. The number of nitrogens with one attached hydrogen (secondary N) is 1. The highest BCUT2D eigenvalue weighted by atomic mass is 79.9. The van der Waals surface area contributed by atoms with Crippen molar-refractivity contribution < 1.29 is 9.90 Å². The molecular formula is C7H6BrNO3. The first-order valence-corrected chi connectivity index (χ1v) is 3.98. The van der Waals surface area contributed by atoms with E-state index >= 15 is 0 Å². The van der Waals surface area contributed by atoms with Crippen molar-refractivity contribution >= 4 is 21.9 Å². The monoisotopic (exact) mass is 231 g/mol. The van der Waals surface area contributed by atoms with Crippen LogP contribution in [0.2, 0.25) is 0 Å². The highest BCUT2D eigenvalue weighted by Gasteiger charge is 2.06. The molecule has 0 aliphatic heterocycles. The van der Waals surface area contributed by atoms with Gasteiger partial charge in [0.2, 0.25) is 0 Å². The van der Waals surface area contributed by atoms with Gasteiger partial charge in [0.1, 0.15) is 0 Å². The van der Waals surface area contributed by atoms with E-state index in [4.69, 9.17) is 5.11 Å². The number of carbonyl (C=O) groups is 1. The fraction of sp³-hybridized carbons (Fsp3) is 0.143. The Morgan fingerprint density at radius 1 is 1.58 bits per heavy atom. The van der Waals surface area contributed by atoms with E-state index in [1.165, 1.54) is 12.4 Å². The number of halogens is 1. The van der Waals surface area contributed by atoms with Gasteiger partial charge in [-0.05, 0) is 15.9 Å². The molecule has 5 heteroatoms. The lowest BCUT2D eigenvalue weighted by molar-refractivity contribution is -0.136. The Morgan fingerprint density at radius 3 is 2.83 bits per heavy atom. The van der Waals surface area contributed by atoms with Gasteiger partial charge in [-0.3, -0.25) is 9.59 Å². The van der Waals surface area contributed by atoms with Gasteiger partial charge in [-0.25, -0.2) is 0 Å². The minimum Gasteiger partial charge on any atom is -0.481 e. The zero-order chi connectivity index (χ0) is 9.14. The Hall–Kier alpha value is -1.10. The molecule has 12 heavy (non-hydrogen) atoms. The SMILES string of the molecule is O=C(O)Cc1c[nH]cc(Br)c1=O. The predicted octanol–water partition coefficient (Wildman–Crippen LogP) is 0.765. The third-order valence-corrected chi connectivity index (χ3v) is 1.91. The van der Waals surface area contributed by atoms with E-state index in [1.54, 1.807) is 0 Å². The number of carboxylic acid groups (broad SMARTS) is 1. The standard InChI is InChI=1S/C7H6BrNO3/c8-5-3-9-2-4(7(5)12)1-6(10)11/h2-3H,1H2,(H,9,12)(H,10,11). The van der Waals surface area contributed by atoms with Crippen LogP contribution in [0.1, 0.15) is 5.56 Å². The average Bonchev–Trinajstić information content (AvgIpc) is 1.98. The summed E-state index contributed by atoms with van der Waals surface area (Å²) in [5.41, 5.74) is -0.0342. The summed E-state index contributed by atoms with van der Waals surface area (Å²) in [6.45, 7) is 0. The number of rotatable bonds is 2. The lowest BCUT2D eigenvalue weighted by Gasteiger charge is -1.95. The molecule has 0 atom stereocenters. The van der Waals surface area contributed by atoms with Crippen molar-refractivity contribution in [2.45, 2.75) is 6.42 Å². The fourth-order valence-corrected chi connectivity index (χ4v) is 1.18. The molecule has 0 bridgehead atoms. The molecule has 0 spiro atoms. The molecule has 0 aliphatic carbocycles. The summed E-state index contributed by atoms with van der Waals surface area (Å²) in [6.07, 6.45) is 2.60. The summed E-state index contributed by atoms with van der Waals surface area (Å²) >= 11 is 3.00. The van der Waals surface area contributed by atoms with E-state index in [0.29, 0.717) is 4.47 Å². The molecule has 0 amide bonds. The van der Waals surface area contributed by atoms with Crippen LogP contribution in [-0.4, -0.2) is 16.1 Å². The fourth-order valence-electron chi connectivity index (χ4n) is 0.794. The number of aromatic amines is 1. The summed E-state index contributed by atoms with van der Waals surface area (Å²) in [5, 5.41) is 8.41. The summed E-state index contributed by atoms with van der Waals surface area (Å²) in [6, 6.07) is 0. The van der Waals surface area contributed by atoms with E-state index in [9.17, 15) is 9.59 Å². The van der Waals surface area contributed by atoms with Crippen LogP contribution in [0.15, 0.2) is 21.7 Å². The summed E-state index contributed by atoms with van der Waals surface area (Å²) in [5.74, 6) is -1.02. The van der Waals surface area contributed by atoms with E-state index in [0.717, 1.165) is 0 Å². The van der Waals surface area contributed by atoms with Gasteiger partial charge in [-0.15, -0.1) is 0 Å². The summed E-state index contributed by atoms with van der Waals surface area (Å²) in [4.78, 5) is 24.1. The van der Waals surface area contributed by atoms with Gasteiger partial charge in [0, 0.05) is 18.0 Å². The van der Waals surface area contributed by atoms with Gasteiger partial charge in [-0.1, -0.05) is 0 Å². The normalized spacial score (nSPS) is 9.75. The van der Waals surface area contributed by atoms with Gasteiger partial charge >= 0.3 is 5.97 Å². The molecule has 0 fully saturated rings. The lowest BCUT2D eigenvalue weighted by Crippen LogP contribution is -2.14. The van der Waals surface area contributed by atoms with Crippen molar-refractivity contribution in [1.29, 1.82) is 0 Å². The van der Waals surface area contributed by atoms with Crippen LogP contribution < -0.4 is 5.43 Å². The van der Waals surface area contributed by atoms with E-state index in [1.807, 2.05) is 0 Å². The van der Waals surface area contributed by atoms with Crippen molar-refractivity contribution in [2.24, 2.45) is 0 Å². The topological polar surface area (TPSA) is 70.2 Å². The third kappa shape index (κ3) is 1.94. The number of carboxylic acids is 1. The molecule has 0 aliphatic rings. The van der Waals surface area contributed by atoms with Crippen LogP contribution >= 0.6 is 15.9 Å². The van der Waals surface area contributed by atoms with Crippen LogP contribution in [0.5, 0.6) is 0 Å². The number of hydrogen-bond acceptors (Lipinski definition) is 2. The molecular weight excluding hydrogens is 226 g/mol. The van der Waals surface area contributed by atoms with Gasteiger partial charge in [0.15, 0.2) is 5.43 Å². The minimum atomic E-state index is -1.02.